The van der Waals surface area contributed by atoms with Gasteiger partial charge in [-0.1, -0.05) is 25.7 Å². The summed E-state index contributed by atoms with van der Waals surface area (Å²) >= 11 is 0. The minimum Gasteiger partial charge on any atom is -0.508 e. The quantitative estimate of drug-likeness (QED) is 0.574. The molecule has 1 aliphatic rings. The number of carboxylic acid groups (broad SMARTS) is 1. The fourth-order valence-electron chi connectivity index (χ4n) is 4.81. The second kappa shape index (κ2) is 8.13. The van der Waals surface area contributed by atoms with Crippen molar-refractivity contribution in [2.75, 3.05) is 0 Å². The first kappa shape index (κ1) is 21.0. The smallest absolute Gasteiger partial charge is 0.311 e. The molecule has 0 radical (unpaired) electrons. The molecule has 1 unspecified atom stereocenters. The first-order chi connectivity index (χ1) is 14.8. The van der Waals surface area contributed by atoms with Crippen molar-refractivity contribution in [1.29, 1.82) is 0 Å². The lowest BCUT2D eigenvalue weighted by atomic mass is 9.86. The average molecular weight is 427 g/mol. The van der Waals surface area contributed by atoms with Crippen molar-refractivity contribution < 1.29 is 28.6 Å². The van der Waals surface area contributed by atoms with Crippen LogP contribution in [0.25, 0.3) is 10.9 Å². The van der Waals surface area contributed by atoms with Gasteiger partial charge in [0.1, 0.15) is 5.75 Å². The van der Waals surface area contributed by atoms with E-state index in [1.54, 1.807) is 6.92 Å². The van der Waals surface area contributed by atoms with Gasteiger partial charge in [-0.3, -0.25) is 14.2 Å². The van der Waals surface area contributed by atoms with Gasteiger partial charge in [0, 0.05) is 16.6 Å². The van der Waals surface area contributed by atoms with E-state index in [0.29, 0.717) is 28.6 Å². The molecule has 0 aliphatic heterocycles. The van der Waals surface area contributed by atoms with E-state index in [0.717, 1.165) is 37.8 Å². The molecule has 4 rings (SSSR count). The summed E-state index contributed by atoms with van der Waals surface area (Å²) < 4.78 is 28.4. The summed E-state index contributed by atoms with van der Waals surface area (Å²) in [5, 5.41) is 20.5. The van der Waals surface area contributed by atoms with E-state index in [1.807, 2.05) is 0 Å². The lowest BCUT2D eigenvalue weighted by Gasteiger charge is -2.18. The van der Waals surface area contributed by atoms with E-state index in [4.69, 9.17) is 0 Å². The van der Waals surface area contributed by atoms with E-state index >= 15 is 0 Å². The van der Waals surface area contributed by atoms with E-state index in [2.05, 4.69) is 0 Å². The number of hydrogen-bond donors (Lipinski definition) is 2. The Labute approximate surface area is 177 Å². The molecule has 3 aromatic rings. The molecule has 162 valence electrons. The van der Waals surface area contributed by atoms with E-state index in [1.165, 1.54) is 28.8 Å². The van der Waals surface area contributed by atoms with Crippen LogP contribution in [-0.2, 0) is 4.79 Å². The number of carbonyl (C=O) groups excluding carboxylic acids is 1. The van der Waals surface area contributed by atoms with Gasteiger partial charge in [0.15, 0.2) is 11.6 Å². The Morgan fingerprint density at radius 2 is 1.81 bits per heavy atom. The number of phenolic OH excluding ortho intramolecular Hbond substituents is 1. The standard InChI is InChI=1S/C24H23F2NO4/c1-13-22(18(24(30)31)10-14-4-2-3-5-14)17-12-16(28)7-9-21(17)27(13)23(29)15-6-8-19(25)20(26)11-15/h6-9,11-12,14,18,28H,2-5,10H2,1H3,(H,30,31). The zero-order valence-corrected chi connectivity index (χ0v) is 17.1. The molecule has 0 amide bonds. The van der Waals surface area contributed by atoms with E-state index in [9.17, 15) is 28.6 Å². The molecule has 0 bridgehead atoms. The van der Waals surface area contributed by atoms with Crippen molar-refractivity contribution in [1.82, 2.24) is 4.57 Å². The Bertz CT molecular complexity index is 1180. The normalized spacial score (nSPS) is 15.5. The third-order valence-corrected chi connectivity index (χ3v) is 6.30. The molecule has 1 heterocycles. The Balaban J connectivity index is 1.89. The lowest BCUT2D eigenvalue weighted by Crippen LogP contribution is -2.18. The zero-order chi connectivity index (χ0) is 22.3. The zero-order valence-electron chi connectivity index (χ0n) is 17.1. The molecule has 0 saturated heterocycles. The first-order valence-corrected chi connectivity index (χ1v) is 10.3. The Kier molecular flexibility index (Phi) is 5.52. The number of carboxylic acids is 1. The van der Waals surface area contributed by atoms with Gasteiger partial charge in [-0.15, -0.1) is 0 Å². The van der Waals surface area contributed by atoms with E-state index < -0.39 is 29.4 Å². The number of halogens is 2. The monoisotopic (exact) mass is 427 g/mol. The highest BCUT2D eigenvalue weighted by molar-refractivity contribution is 6.05. The van der Waals surface area contributed by atoms with Crippen molar-refractivity contribution in [3.05, 3.63) is 64.9 Å². The molecule has 1 aromatic heterocycles. The Morgan fingerprint density at radius 3 is 2.45 bits per heavy atom. The fourth-order valence-corrected chi connectivity index (χ4v) is 4.81. The number of benzene rings is 2. The third-order valence-electron chi connectivity index (χ3n) is 6.30. The highest BCUT2D eigenvalue weighted by atomic mass is 19.2. The number of nitrogens with zero attached hydrogens (tertiary/aromatic N) is 1. The van der Waals surface area contributed by atoms with Crippen molar-refractivity contribution >= 4 is 22.8 Å². The number of phenols is 1. The molecular weight excluding hydrogens is 404 g/mol. The molecule has 2 N–H and O–H groups in total. The number of carbonyl (C=O) groups is 2. The number of aromatic hydroxyl groups is 1. The van der Waals surface area contributed by atoms with Gasteiger partial charge in [-0.05, 0) is 61.2 Å². The molecule has 1 fully saturated rings. The average Bonchev–Trinajstić information content (AvgIpc) is 3.33. The largest absolute Gasteiger partial charge is 0.508 e. The number of aliphatic carboxylic acids is 1. The molecule has 1 atom stereocenters. The summed E-state index contributed by atoms with van der Waals surface area (Å²) in [6.45, 7) is 1.65. The van der Waals surface area contributed by atoms with Crippen molar-refractivity contribution in [3.63, 3.8) is 0 Å². The number of rotatable bonds is 5. The minimum absolute atomic E-state index is 0.0452. The topological polar surface area (TPSA) is 79.5 Å². The van der Waals surface area contributed by atoms with E-state index in [-0.39, 0.29) is 17.2 Å². The van der Waals surface area contributed by atoms with Gasteiger partial charge in [0.2, 0.25) is 0 Å². The summed E-state index contributed by atoms with van der Waals surface area (Å²) in [7, 11) is 0. The lowest BCUT2D eigenvalue weighted by molar-refractivity contribution is -0.139. The highest BCUT2D eigenvalue weighted by Gasteiger charge is 2.32. The number of aromatic nitrogens is 1. The summed E-state index contributed by atoms with van der Waals surface area (Å²) in [5.74, 6) is -4.37. The van der Waals surface area contributed by atoms with Crippen LogP contribution in [0.3, 0.4) is 0 Å². The van der Waals surface area contributed by atoms with Crippen LogP contribution in [0.15, 0.2) is 36.4 Å². The van der Waals surface area contributed by atoms with Gasteiger partial charge in [-0.2, -0.15) is 0 Å². The van der Waals surface area contributed by atoms with Gasteiger partial charge < -0.3 is 10.2 Å². The molecule has 7 heteroatoms. The second-order valence-electron chi connectivity index (χ2n) is 8.25. The molecule has 31 heavy (non-hydrogen) atoms. The van der Waals surface area contributed by atoms with Crippen LogP contribution in [0.5, 0.6) is 5.75 Å². The molecule has 1 saturated carbocycles. The van der Waals surface area contributed by atoms with Gasteiger partial charge in [0.25, 0.3) is 5.91 Å². The maximum Gasteiger partial charge on any atom is 0.311 e. The Morgan fingerprint density at radius 1 is 1.10 bits per heavy atom. The third kappa shape index (κ3) is 3.80. The summed E-state index contributed by atoms with van der Waals surface area (Å²) in [6, 6.07) is 7.31. The van der Waals surface area contributed by atoms with Crippen LogP contribution >= 0.6 is 0 Å². The minimum atomic E-state index is -1.14. The van der Waals surface area contributed by atoms with Crippen molar-refractivity contribution in [3.8, 4) is 5.75 Å². The molecule has 0 spiro atoms. The summed E-state index contributed by atoms with van der Waals surface area (Å²) in [4.78, 5) is 25.5. The first-order valence-electron chi connectivity index (χ1n) is 10.3. The number of hydrogen-bond acceptors (Lipinski definition) is 3. The summed E-state index contributed by atoms with van der Waals surface area (Å²) in [6.07, 6.45) is 4.55. The molecule has 2 aromatic carbocycles. The maximum absolute atomic E-state index is 13.7. The van der Waals surface area contributed by atoms with Gasteiger partial charge in [-0.25, -0.2) is 8.78 Å². The van der Waals surface area contributed by atoms with Crippen LogP contribution in [0.4, 0.5) is 8.78 Å². The highest BCUT2D eigenvalue weighted by Crippen LogP contribution is 2.40. The van der Waals surface area contributed by atoms with Crippen LogP contribution in [0.2, 0.25) is 0 Å². The van der Waals surface area contributed by atoms with Crippen LogP contribution < -0.4 is 0 Å². The maximum atomic E-state index is 13.7. The Hall–Kier alpha value is -3.22. The SMILES string of the molecule is Cc1c(C(CC2CCCC2)C(=O)O)c2cc(O)ccc2n1C(=O)c1ccc(F)c(F)c1. The van der Waals surface area contributed by atoms with Crippen LogP contribution in [-0.4, -0.2) is 26.7 Å². The molecule has 5 nitrogen and oxygen atoms in total. The fraction of sp³-hybridized carbons (Fsp3) is 0.333. The number of fused-ring (bicyclic) bond motifs is 1. The van der Waals surface area contributed by atoms with Gasteiger partial charge in [0.05, 0.1) is 11.4 Å². The predicted molar refractivity (Wildman–Crippen MR) is 111 cm³/mol. The second-order valence-corrected chi connectivity index (χ2v) is 8.25. The van der Waals surface area contributed by atoms with Crippen LogP contribution in [0, 0.1) is 24.5 Å². The van der Waals surface area contributed by atoms with Crippen LogP contribution in [0.1, 0.15) is 59.6 Å². The van der Waals surface area contributed by atoms with Gasteiger partial charge >= 0.3 is 5.97 Å². The molecular formula is C24H23F2NO4. The summed E-state index contributed by atoms with van der Waals surface area (Å²) in [5.41, 5.74) is 1.25. The molecule has 1 aliphatic carbocycles. The predicted octanol–water partition coefficient (Wildman–Crippen LogP) is 5.37. The van der Waals surface area contributed by atoms with Crippen molar-refractivity contribution in [2.24, 2.45) is 5.92 Å². The van der Waals surface area contributed by atoms with Crippen molar-refractivity contribution in [2.45, 2.75) is 44.9 Å².